The molecule has 1 aromatic heterocycles. The third kappa shape index (κ3) is 5.21. The van der Waals surface area contributed by atoms with Gasteiger partial charge in [0.1, 0.15) is 0 Å². The van der Waals surface area contributed by atoms with Crippen molar-refractivity contribution in [1.82, 2.24) is 9.97 Å². The number of methoxy groups -OCH3 is 1. The summed E-state index contributed by atoms with van der Waals surface area (Å²) in [5.41, 5.74) is 2.36. The molecule has 1 heterocycles. The minimum absolute atomic E-state index is 0.504. The van der Waals surface area contributed by atoms with E-state index in [9.17, 15) is 0 Å². The summed E-state index contributed by atoms with van der Waals surface area (Å²) in [4.78, 5) is 8.26. The Hall–Kier alpha value is -2.34. The molecule has 0 aliphatic rings. The molecule has 0 fully saturated rings. The maximum absolute atomic E-state index is 5.02. The number of benzene rings is 1. The Bertz CT molecular complexity index is 621. The number of hydrogen-bond donors (Lipinski definition) is 0. The summed E-state index contributed by atoms with van der Waals surface area (Å²) in [5, 5.41) is 0. The van der Waals surface area contributed by atoms with E-state index in [-0.39, 0.29) is 0 Å². The van der Waals surface area contributed by atoms with Crippen molar-refractivity contribution < 1.29 is 4.74 Å². The number of ether oxygens (including phenoxy) is 1. The molecule has 0 atom stereocenters. The Morgan fingerprint density at radius 3 is 2.32 bits per heavy atom. The van der Waals surface area contributed by atoms with Crippen molar-refractivity contribution in [3.63, 3.8) is 0 Å². The maximum atomic E-state index is 5.02. The van der Waals surface area contributed by atoms with Gasteiger partial charge in [0.15, 0.2) is 5.75 Å². The molecule has 0 saturated heterocycles. The van der Waals surface area contributed by atoms with Crippen LogP contribution in [0, 0.1) is 11.8 Å². The Morgan fingerprint density at radius 2 is 1.68 bits per heavy atom. The molecular weight excluding hydrogens is 272 g/mol. The lowest BCUT2D eigenvalue weighted by Gasteiger charge is -2.01. The number of aromatic nitrogens is 2. The standard InChI is InChI=1S/C19H22N2O/c1-3-4-5-6-7-16-8-10-17(11-9-16)12-13-19-20-14-18(22-2)15-21-19/h8-11,14-15H,3-7H2,1-2H3. The first-order valence-electron chi connectivity index (χ1n) is 7.79. The van der Waals surface area contributed by atoms with E-state index >= 15 is 0 Å². The molecule has 114 valence electrons. The summed E-state index contributed by atoms with van der Waals surface area (Å²) in [6.07, 6.45) is 9.57. The van der Waals surface area contributed by atoms with Gasteiger partial charge in [0.2, 0.25) is 5.82 Å². The number of hydrogen-bond acceptors (Lipinski definition) is 3. The third-order valence-corrected chi connectivity index (χ3v) is 3.46. The lowest BCUT2D eigenvalue weighted by molar-refractivity contribution is 0.410. The van der Waals surface area contributed by atoms with Crippen molar-refractivity contribution in [3.05, 3.63) is 53.6 Å². The van der Waals surface area contributed by atoms with Gasteiger partial charge in [-0.15, -0.1) is 0 Å². The zero-order valence-corrected chi connectivity index (χ0v) is 13.3. The van der Waals surface area contributed by atoms with Crippen LogP contribution in [0.5, 0.6) is 5.75 Å². The van der Waals surface area contributed by atoms with Gasteiger partial charge in [-0.25, -0.2) is 9.97 Å². The van der Waals surface area contributed by atoms with Crippen molar-refractivity contribution in [2.24, 2.45) is 0 Å². The topological polar surface area (TPSA) is 35.0 Å². The van der Waals surface area contributed by atoms with Crippen molar-refractivity contribution in [1.29, 1.82) is 0 Å². The summed E-state index contributed by atoms with van der Waals surface area (Å²) in [7, 11) is 1.59. The maximum Gasteiger partial charge on any atom is 0.205 e. The summed E-state index contributed by atoms with van der Waals surface area (Å²) < 4.78 is 5.02. The molecule has 0 amide bonds. The average Bonchev–Trinajstić information content (AvgIpc) is 2.58. The second-order valence-corrected chi connectivity index (χ2v) is 5.20. The largest absolute Gasteiger partial charge is 0.494 e. The predicted octanol–water partition coefficient (Wildman–Crippen LogP) is 4.01. The van der Waals surface area contributed by atoms with E-state index in [1.54, 1.807) is 19.5 Å². The van der Waals surface area contributed by atoms with Crippen LogP contribution in [0.25, 0.3) is 0 Å². The molecule has 0 bridgehead atoms. The monoisotopic (exact) mass is 294 g/mol. The molecule has 0 N–H and O–H groups in total. The molecule has 2 rings (SSSR count). The highest BCUT2D eigenvalue weighted by Crippen LogP contribution is 2.09. The fraction of sp³-hybridized carbons (Fsp3) is 0.368. The molecule has 1 aromatic carbocycles. The van der Waals surface area contributed by atoms with Crippen LogP contribution in [0.2, 0.25) is 0 Å². The van der Waals surface area contributed by atoms with Crippen LogP contribution in [-0.2, 0) is 6.42 Å². The molecule has 3 nitrogen and oxygen atoms in total. The van der Waals surface area contributed by atoms with E-state index in [0.29, 0.717) is 11.6 Å². The third-order valence-electron chi connectivity index (χ3n) is 3.46. The number of aryl methyl sites for hydroxylation is 1. The van der Waals surface area contributed by atoms with Gasteiger partial charge in [-0.05, 0) is 36.5 Å². The van der Waals surface area contributed by atoms with E-state index in [0.717, 1.165) is 12.0 Å². The van der Waals surface area contributed by atoms with Gasteiger partial charge in [0.05, 0.1) is 19.5 Å². The van der Waals surface area contributed by atoms with Gasteiger partial charge < -0.3 is 4.74 Å². The summed E-state index contributed by atoms with van der Waals surface area (Å²) in [6, 6.07) is 8.44. The molecule has 22 heavy (non-hydrogen) atoms. The van der Waals surface area contributed by atoms with Gasteiger partial charge in [-0.3, -0.25) is 0 Å². The van der Waals surface area contributed by atoms with Gasteiger partial charge in [0, 0.05) is 5.56 Å². The smallest absolute Gasteiger partial charge is 0.205 e. The Morgan fingerprint density at radius 1 is 0.955 bits per heavy atom. The number of nitrogens with zero attached hydrogens (tertiary/aromatic N) is 2. The second-order valence-electron chi connectivity index (χ2n) is 5.20. The predicted molar refractivity (Wildman–Crippen MR) is 88.9 cm³/mol. The Labute approximate surface area is 132 Å². The van der Waals surface area contributed by atoms with Crippen molar-refractivity contribution >= 4 is 0 Å². The highest BCUT2D eigenvalue weighted by molar-refractivity contribution is 5.39. The minimum atomic E-state index is 0.504. The molecule has 0 saturated carbocycles. The molecule has 0 aliphatic carbocycles. The zero-order valence-electron chi connectivity index (χ0n) is 13.3. The van der Waals surface area contributed by atoms with Crippen molar-refractivity contribution in [3.8, 4) is 17.6 Å². The Kier molecular flexibility index (Phi) is 6.44. The fourth-order valence-corrected chi connectivity index (χ4v) is 2.12. The normalized spacial score (nSPS) is 9.91. The van der Waals surface area contributed by atoms with Gasteiger partial charge in [-0.2, -0.15) is 0 Å². The first-order chi connectivity index (χ1) is 10.8. The molecular formula is C19H22N2O. The van der Waals surface area contributed by atoms with E-state index in [2.05, 4.69) is 53.0 Å². The van der Waals surface area contributed by atoms with Gasteiger partial charge in [0.25, 0.3) is 0 Å². The lowest BCUT2D eigenvalue weighted by atomic mass is 10.0. The van der Waals surface area contributed by atoms with E-state index < -0.39 is 0 Å². The van der Waals surface area contributed by atoms with Crippen molar-refractivity contribution in [2.75, 3.05) is 7.11 Å². The molecule has 0 unspecified atom stereocenters. The quantitative estimate of drug-likeness (QED) is 0.596. The van der Waals surface area contributed by atoms with Gasteiger partial charge in [-0.1, -0.05) is 44.2 Å². The SMILES string of the molecule is CCCCCCc1ccc(C#Cc2ncc(OC)cn2)cc1. The van der Waals surface area contributed by atoms with Crippen LogP contribution < -0.4 is 4.74 Å². The average molecular weight is 294 g/mol. The molecule has 2 aromatic rings. The highest BCUT2D eigenvalue weighted by atomic mass is 16.5. The lowest BCUT2D eigenvalue weighted by Crippen LogP contribution is -1.90. The van der Waals surface area contributed by atoms with Crippen molar-refractivity contribution in [2.45, 2.75) is 39.0 Å². The van der Waals surface area contributed by atoms with E-state index in [1.807, 2.05) is 0 Å². The van der Waals surface area contributed by atoms with Crippen LogP contribution in [-0.4, -0.2) is 17.1 Å². The molecule has 0 spiro atoms. The van der Waals surface area contributed by atoms with Gasteiger partial charge >= 0.3 is 0 Å². The van der Waals surface area contributed by atoms with E-state index in [1.165, 1.54) is 31.2 Å². The zero-order chi connectivity index (χ0) is 15.6. The van der Waals surface area contributed by atoms with Crippen LogP contribution >= 0.6 is 0 Å². The molecule has 0 radical (unpaired) electrons. The Balaban J connectivity index is 1.92. The summed E-state index contributed by atoms with van der Waals surface area (Å²) >= 11 is 0. The number of rotatable bonds is 6. The van der Waals surface area contributed by atoms with Crippen LogP contribution in [0.15, 0.2) is 36.7 Å². The first-order valence-corrected chi connectivity index (χ1v) is 7.79. The van der Waals surface area contributed by atoms with E-state index in [4.69, 9.17) is 4.74 Å². The van der Waals surface area contributed by atoms with Crippen LogP contribution in [0.1, 0.15) is 49.6 Å². The minimum Gasteiger partial charge on any atom is -0.494 e. The fourth-order valence-electron chi connectivity index (χ4n) is 2.12. The van der Waals surface area contributed by atoms with Crippen LogP contribution in [0.3, 0.4) is 0 Å². The summed E-state index contributed by atoms with van der Waals surface area (Å²) in [6.45, 7) is 2.24. The highest BCUT2D eigenvalue weighted by Gasteiger charge is 1.95. The first kappa shape index (κ1) is 16.0. The molecule has 0 aliphatic heterocycles. The number of unbranched alkanes of at least 4 members (excludes halogenated alkanes) is 3. The van der Waals surface area contributed by atoms with Crippen LogP contribution in [0.4, 0.5) is 0 Å². The summed E-state index contributed by atoms with van der Waals surface area (Å²) in [5.74, 6) is 7.19. The second kappa shape index (κ2) is 8.84. The molecule has 3 heteroatoms.